The lowest BCUT2D eigenvalue weighted by atomic mass is 10.4. The van der Waals surface area contributed by atoms with Crippen LogP contribution in [0.1, 0.15) is 30.2 Å². The van der Waals surface area contributed by atoms with Gasteiger partial charge in [-0.25, -0.2) is 5.10 Å². The number of amides is 1. The summed E-state index contributed by atoms with van der Waals surface area (Å²) < 4.78 is 10.4. The molecule has 0 atom stereocenters. The quantitative estimate of drug-likeness (QED) is 0.803. The molecule has 2 N–H and O–H groups in total. The maximum absolute atomic E-state index is 12.0. The van der Waals surface area contributed by atoms with Crippen molar-refractivity contribution in [3.8, 4) is 6.01 Å². The summed E-state index contributed by atoms with van der Waals surface area (Å²) in [6.07, 6.45) is 0. The second-order valence-corrected chi connectivity index (χ2v) is 4.35. The highest BCUT2D eigenvalue weighted by molar-refractivity contribution is 6.01. The zero-order valence-electron chi connectivity index (χ0n) is 12.3. The molecule has 8 nitrogen and oxygen atoms in total. The molecule has 0 saturated heterocycles. The van der Waals surface area contributed by atoms with Gasteiger partial charge in [-0.3, -0.25) is 15.0 Å². The van der Waals surface area contributed by atoms with Crippen LogP contribution in [0, 0.1) is 0 Å². The zero-order chi connectivity index (χ0) is 15.2. The Morgan fingerprint density at radius 3 is 2.81 bits per heavy atom. The minimum atomic E-state index is -0.389. The molecule has 1 amide bonds. The number of nitrogens with zero attached hydrogens (tertiary/aromatic N) is 3. The number of aromatic nitrogens is 3. The Morgan fingerprint density at radius 2 is 2.19 bits per heavy atom. The first-order valence-electron chi connectivity index (χ1n) is 6.75. The van der Waals surface area contributed by atoms with Gasteiger partial charge in [-0.1, -0.05) is 13.8 Å². The lowest BCUT2D eigenvalue weighted by Crippen LogP contribution is -2.21. The highest BCUT2D eigenvalue weighted by Crippen LogP contribution is 2.13. The SMILES string of the molecule is CCN(CC)Cc1ccc(C(=O)Nc2nc(OC)n[nH]2)o1. The third-order valence-corrected chi connectivity index (χ3v) is 3.04. The Kier molecular flexibility index (Phi) is 4.94. The Bertz CT molecular complexity index is 588. The number of hydrogen-bond donors (Lipinski definition) is 2. The fraction of sp³-hybridized carbons (Fsp3) is 0.462. The van der Waals surface area contributed by atoms with Gasteiger partial charge in [0.05, 0.1) is 13.7 Å². The number of rotatable bonds is 7. The smallest absolute Gasteiger partial charge is 0.336 e. The number of nitrogens with one attached hydrogen (secondary N) is 2. The predicted octanol–water partition coefficient (Wildman–Crippen LogP) is 1.50. The molecule has 114 valence electrons. The molecule has 0 unspecified atom stereocenters. The van der Waals surface area contributed by atoms with Crippen LogP contribution < -0.4 is 10.1 Å². The molecule has 21 heavy (non-hydrogen) atoms. The summed E-state index contributed by atoms with van der Waals surface area (Å²) in [7, 11) is 1.45. The highest BCUT2D eigenvalue weighted by Gasteiger charge is 2.14. The molecule has 2 aromatic heterocycles. The van der Waals surface area contributed by atoms with Crippen LogP contribution in [0.25, 0.3) is 0 Å². The zero-order valence-corrected chi connectivity index (χ0v) is 12.3. The number of ether oxygens (including phenoxy) is 1. The molecule has 0 aliphatic carbocycles. The first-order chi connectivity index (χ1) is 10.2. The summed E-state index contributed by atoms with van der Waals surface area (Å²) >= 11 is 0. The molecular formula is C13H19N5O3. The van der Waals surface area contributed by atoms with Crippen molar-refractivity contribution < 1.29 is 13.9 Å². The summed E-state index contributed by atoms with van der Waals surface area (Å²) in [6.45, 7) is 6.69. The van der Waals surface area contributed by atoms with Crippen molar-refractivity contribution in [2.45, 2.75) is 20.4 Å². The van der Waals surface area contributed by atoms with Gasteiger partial charge in [0.2, 0.25) is 5.95 Å². The van der Waals surface area contributed by atoms with Gasteiger partial charge < -0.3 is 9.15 Å². The molecule has 0 spiro atoms. The number of carbonyl (C=O) groups excluding carboxylic acids is 1. The van der Waals surface area contributed by atoms with Crippen molar-refractivity contribution in [2.75, 3.05) is 25.5 Å². The Balaban J connectivity index is 1.98. The number of hydrogen-bond acceptors (Lipinski definition) is 6. The van der Waals surface area contributed by atoms with Crippen molar-refractivity contribution >= 4 is 11.9 Å². The van der Waals surface area contributed by atoms with Crippen molar-refractivity contribution in [3.05, 3.63) is 23.7 Å². The molecular weight excluding hydrogens is 274 g/mol. The largest absolute Gasteiger partial charge is 0.466 e. The van der Waals surface area contributed by atoms with Crippen LogP contribution in [0.5, 0.6) is 6.01 Å². The summed E-state index contributed by atoms with van der Waals surface area (Å²) in [4.78, 5) is 18.1. The van der Waals surface area contributed by atoms with Crippen molar-refractivity contribution in [2.24, 2.45) is 0 Å². The standard InChI is InChI=1S/C13H19N5O3/c1-4-18(5-2)8-9-6-7-10(21-9)11(19)14-12-15-13(20-3)17-16-12/h6-7H,4-5,8H2,1-3H3,(H2,14,15,16,17,19). The van der Waals surface area contributed by atoms with E-state index < -0.39 is 0 Å². The van der Waals surface area contributed by atoms with E-state index in [9.17, 15) is 4.79 Å². The van der Waals surface area contributed by atoms with Gasteiger partial charge in [-0.15, -0.1) is 5.10 Å². The monoisotopic (exact) mass is 293 g/mol. The number of carbonyl (C=O) groups is 1. The fourth-order valence-corrected chi connectivity index (χ4v) is 1.82. The molecule has 0 saturated carbocycles. The second-order valence-electron chi connectivity index (χ2n) is 4.35. The molecule has 2 heterocycles. The Morgan fingerprint density at radius 1 is 1.43 bits per heavy atom. The van der Waals surface area contributed by atoms with Crippen molar-refractivity contribution in [3.63, 3.8) is 0 Å². The maximum Gasteiger partial charge on any atom is 0.336 e. The minimum absolute atomic E-state index is 0.159. The fourth-order valence-electron chi connectivity index (χ4n) is 1.82. The Labute approximate surface area is 122 Å². The molecule has 0 bridgehead atoms. The topological polar surface area (TPSA) is 96.3 Å². The number of aromatic amines is 1. The lowest BCUT2D eigenvalue weighted by molar-refractivity contribution is 0.0992. The molecule has 0 radical (unpaired) electrons. The van der Waals surface area contributed by atoms with Gasteiger partial charge in [-0.2, -0.15) is 4.98 Å². The van der Waals surface area contributed by atoms with Gasteiger partial charge in [0.25, 0.3) is 5.91 Å². The van der Waals surface area contributed by atoms with Crippen LogP contribution in [-0.4, -0.2) is 46.2 Å². The molecule has 0 fully saturated rings. The van der Waals surface area contributed by atoms with E-state index in [1.807, 2.05) is 0 Å². The second kappa shape index (κ2) is 6.89. The minimum Gasteiger partial charge on any atom is -0.466 e. The third-order valence-electron chi connectivity index (χ3n) is 3.04. The van der Waals surface area contributed by atoms with Crippen molar-refractivity contribution in [1.82, 2.24) is 20.1 Å². The number of methoxy groups -OCH3 is 1. The number of furan rings is 1. The van der Waals surface area contributed by atoms with Gasteiger partial charge in [0.1, 0.15) is 5.76 Å². The first-order valence-corrected chi connectivity index (χ1v) is 6.75. The first kappa shape index (κ1) is 15.0. The van der Waals surface area contributed by atoms with Crippen molar-refractivity contribution in [1.29, 1.82) is 0 Å². The summed E-state index contributed by atoms with van der Waals surface area (Å²) in [5.74, 6) is 0.796. The average molecular weight is 293 g/mol. The maximum atomic E-state index is 12.0. The van der Waals surface area contributed by atoms with Crippen LogP contribution in [0.3, 0.4) is 0 Å². The number of H-pyrrole nitrogens is 1. The summed E-state index contributed by atoms with van der Waals surface area (Å²) in [6, 6.07) is 3.60. The summed E-state index contributed by atoms with van der Waals surface area (Å²) in [5, 5.41) is 8.84. The van der Waals surface area contributed by atoms with E-state index in [1.54, 1.807) is 12.1 Å². The predicted molar refractivity (Wildman–Crippen MR) is 76.2 cm³/mol. The lowest BCUT2D eigenvalue weighted by Gasteiger charge is -2.15. The summed E-state index contributed by atoms with van der Waals surface area (Å²) in [5.41, 5.74) is 0. The van der Waals surface area contributed by atoms with Gasteiger partial charge in [-0.05, 0) is 25.2 Å². The van der Waals surface area contributed by atoms with E-state index in [4.69, 9.17) is 9.15 Å². The Hall–Kier alpha value is -2.35. The van der Waals surface area contributed by atoms with Crippen LogP contribution in [0.2, 0.25) is 0 Å². The molecule has 0 aliphatic heterocycles. The van der Waals surface area contributed by atoms with E-state index in [0.29, 0.717) is 6.54 Å². The molecule has 8 heteroatoms. The van der Waals surface area contributed by atoms with E-state index in [0.717, 1.165) is 18.8 Å². The van der Waals surface area contributed by atoms with Gasteiger partial charge in [0.15, 0.2) is 5.76 Å². The van der Waals surface area contributed by atoms with E-state index in [1.165, 1.54) is 7.11 Å². The molecule has 2 aromatic rings. The molecule has 0 aromatic carbocycles. The van der Waals surface area contributed by atoms with Gasteiger partial charge in [0, 0.05) is 0 Å². The van der Waals surface area contributed by atoms with E-state index >= 15 is 0 Å². The normalized spacial score (nSPS) is 10.9. The van der Waals surface area contributed by atoms with Crippen LogP contribution in [0.15, 0.2) is 16.5 Å². The van der Waals surface area contributed by atoms with Crippen LogP contribution in [-0.2, 0) is 6.54 Å². The van der Waals surface area contributed by atoms with Gasteiger partial charge >= 0.3 is 6.01 Å². The van der Waals surface area contributed by atoms with E-state index in [2.05, 4.69) is 39.2 Å². The highest BCUT2D eigenvalue weighted by atomic mass is 16.5. The van der Waals surface area contributed by atoms with Crippen LogP contribution >= 0.6 is 0 Å². The third kappa shape index (κ3) is 3.82. The van der Waals surface area contributed by atoms with E-state index in [-0.39, 0.29) is 23.6 Å². The average Bonchev–Trinajstić information content (AvgIpc) is 3.13. The number of anilines is 1. The van der Waals surface area contributed by atoms with Crippen LogP contribution in [0.4, 0.5) is 5.95 Å². The molecule has 0 aliphatic rings. The molecule has 2 rings (SSSR count).